The second-order valence-corrected chi connectivity index (χ2v) is 5.15. The monoisotopic (exact) mass is 356 g/mol. The zero-order chi connectivity index (χ0) is 18.3. The summed E-state index contributed by atoms with van der Waals surface area (Å²) in [6.45, 7) is 3.53. The average molecular weight is 356 g/mol. The highest BCUT2D eigenvalue weighted by Crippen LogP contribution is 2.30. The van der Waals surface area contributed by atoms with Gasteiger partial charge in [-0.3, -0.25) is 0 Å². The van der Waals surface area contributed by atoms with Crippen LogP contribution in [0.15, 0.2) is 36.7 Å². The Balaban J connectivity index is 1.93. The molecule has 0 aliphatic carbocycles. The number of benzene rings is 1. The van der Waals surface area contributed by atoms with E-state index in [1.165, 1.54) is 29.2 Å². The number of hydrogen-bond donors (Lipinski definition) is 2. The number of nitrogens with one attached hydrogen (secondary N) is 2. The van der Waals surface area contributed by atoms with Gasteiger partial charge in [0, 0.05) is 19.8 Å². The predicted molar refractivity (Wildman–Crippen MR) is 86.7 cm³/mol. The second-order valence-electron chi connectivity index (χ2n) is 5.15. The molecule has 2 N–H and O–H groups in total. The standard InChI is InChI=1S/C16H19F3N4O2/c1-2-25-8-4-7-20-15(24)22-13-10-21-23(11-13)14-6-3-5-12(9-14)16(17,18)19/h3,5-6,9-11H,2,4,7-8H2,1H3,(H2,20,22,24). The first kappa shape index (κ1) is 18.8. The first-order valence-electron chi connectivity index (χ1n) is 7.75. The van der Waals surface area contributed by atoms with E-state index >= 15 is 0 Å². The van der Waals surface area contributed by atoms with Gasteiger partial charge in [-0.15, -0.1) is 0 Å². The van der Waals surface area contributed by atoms with Gasteiger partial charge < -0.3 is 15.4 Å². The van der Waals surface area contributed by atoms with Crippen LogP contribution in [0.3, 0.4) is 0 Å². The van der Waals surface area contributed by atoms with Crippen molar-refractivity contribution in [2.45, 2.75) is 19.5 Å². The van der Waals surface area contributed by atoms with E-state index in [-0.39, 0.29) is 5.69 Å². The van der Waals surface area contributed by atoms with E-state index in [0.29, 0.717) is 31.9 Å². The Morgan fingerprint density at radius 3 is 2.88 bits per heavy atom. The Morgan fingerprint density at radius 2 is 2.16 bits per heavy atom. The van der Waals surface area contributed by atoms with Crippen molar-refractivity contribution >= 4 is 11.7 Å². The SMILES string of the molecule is CCOCCCNC(=O)Nc1cnn(-c2cccc(C(F)(F)F)c2)c1. The number of anilines is 1. The smallest absolute Gasteiger partial charge is 0.382 e. The minimum Gasteiger partial charge on any atom is -0.382 e. The topological polar surface area (TPSA) is 68.2 Å². The summed E-state index contributed by atoms with van der Waals surface area (Å²) in [5, 5.41) is 9.19. The summed E-state index contributed by atoms with van der Waals surface area (Å²) in [6, 6.07) is 4.37. The van der Waals surface area contributed by atoms with Crippen LogP contribution in [-0.4, -0.2) is 35.6 Å². The van der Waals surface area contributed by atoms with E-state index in [1.807, 2.05) is 6.92 Å². The number of urea groups is 1. The number of amides is 2. The lowest BCUT2D eigenvalue weighted by molar-refractivity contribution is -0.137. The van der Waals surface area contributed by atoms with Gasteiger partial charge in [-0.05, 0) is 31.5 Å². The molecular weight excluding hydrogens is 337 g/mol. The summed E-state index contributed by atoms with van der Waals surface area (Å²) in [5.74, 6) is 0. The molecule has 1 aromatic carbocycles. The fourth-order valence-electron chi connectivity index (χ4n) is 2.05. The second kappa shape index (κ2) is 8.52. The molecule has 0 radical (unpaired) electrons. The first-order valence-corrected chi connectivity index (χ1v) is 7.75. The number of aromatic nitrogens is 2. The molecule has 9 heteroatoms. The van der Waals surface area contributed by atoms with E-state index < -0.39 is 17.8 Å². The fraction of sp³-hybridized carbons (Fsp3) is 0.375. The summed E-state index contributed by atoms with van der Waals surface area (Å²) < 4.78 is 44.7. The molecular formula is C16H19F3N4O2. The van der Waals surface area contributed by atoms with Crippen LogP contribution in [0.1, 0.15) is 18.9 Å². The average Bonchev–Trinajstić information content (AvgIpc) is 3.02. The van der Waals surface area contributed by atoms with E-state index in [4.69, 9.17) is 4.74 Å². The van der Waals surface area contributed by atoms with Crippen LogP contribution in [0, 0.1) is 0 Å². The molecule has 0 atom stereocenters. The fourth-order valence-corrected chi connectivity index (χ4v) is 2.05. The van der Waals surface area contributed by atoms with Crippen molar-refractivity contribution in [3.8, 4) is 5.69 Å². The molecule has 6 nitrogen and oxygen atoms in total. The van der Waals surface area contributed by atoms with E-state index in [1.54, 1.807) is 0 Å². The van der Waals surface area contributed by atoms with Crippen molar-refractivity contribution in [3.63, 3.8) is 0 Å². The van der Waals surface area contributed by atoms with Gasteiger partial charge in [0.25, 0.3) is 0 Å². The van der Waals surface area contributed by atoms with Crippen LogP contribution < -0.4 is 10.6 Å². The quantitative estimate of drug-likeness (QED) is 0.747. The molecule has 0 saturated carbocycles. The number of rotatable bonds is 7. The van der Waals surface area contributed by atoms with Crippen LogP contribution in [0.25, 0.3) is 5.69 Å². The third-order valence-corrected chi connectivity index (χ3v) is 3.23. The molecule has 2 amide bonds. The number of carbonyl (C=O) groups is 1. The Bertz CT molecular complexity index is 701. The highest BCUT2D eigenvalue weighted by atomic mass is 19.4. The summed E-state index contributed by atoms with van der Waals surface area (Å²) in [7, 11) is 0. The number of hydrogen-bond acceptors (Lipinski definition) is 3. The number of carbonyl (C=O) groups excluding carboxylic acids is 1. The van der Waals surface area contributed by atoms with Gasteiger partial charge >= 0.3 is 12.2 Å². The summed E-state index contributed by atoms with van der Waals surface area (Å²) in [6.07, 6.45) is -0.939. The molecule has 1 heterocycles. The maximum absolute atomic E-state index is 12.8. The summed E-state index contributed by atoms with van der Waals surface area (Å²) in [5.41, 5.74) is -0.137. The van der Waals surface area contributed by atoms with Gasteiger partial charge in [-0.25, -0.2) is 9.48 Å². The van der Waals surface area contributed by atoms with Crippen molar-refractivity contribution in [2.24, 2.45) is 0 Å². The molecule has 0 fully saturated rings. The number of ether oxygens (including phenoxy) is 1. The third-order valence-electron chi connectivity index (χ3n) is 3.23. The highest BCUT2D eigenvalue weighted by molar-refractivity contribution is 5.88. The molecule has 2 rings (SSSR count). The number of halogens is 3. The minimum atomic E-state index is -4.42. The molecule has 0 bridgehead atoms. The van der Waals surface area contributed by atoms with Gasteiger partial charge in [-0.1, -0.05) is 6.07 Å². The largest absolute Gasteiger partial charge is 0.416 e. The van der Waals surface area contributed by atoms with E-state index in [2.05, 4.69) is 15.7 Å². The van der Waals surface area contributed by atoms with Gasteiger partial charge in [0.1, 0.15) is 0 Å². The number of alkyl halides is 3. The normalized spacial score (nSPS) is 11.4. The van der Waals surface area contributed by atoms with Crippen LogP contribution in [0.4, 0.5) is 23.7 Å². The molecule has 0 spiro atoms. The van der Waals surface area contributed by atoms with Crippen molar-refractivity contribution in [3.05, 3.63) is 42.2 Å². The van der Waals surface area contributed by atoms with Crippen molar-refractivity contribution in [1.82, 2.24) is 15.1 Å². The van der Waals surface area contributed by atoms with Crippen LogP contribution >= 0.6 is 0 Å². The molecule has 2 aromatic rings. The van der Waals surface area contributed by atoms with Crippen molar-refractivity contribution < 1.29 is 22.7 Å². The third kappa shape index (κ3) is 5.79. The summed E-state index contributed by atoms with van der Waals surface area (Å²) >= 11 is 0. The Kier molecular flexibility index (Phi) is 6.40. The van der Waals surface area contributed by atoms with E-state index in [0.717, 1.165) is 12.1 Å². The first-order chi connectivity index (χ1) is 11.9. The molecule has 136 valence electrons. The predicted octanol–water partition coefficient (Wildman–Crippen LogP) is 3.44. The van der Waals surface area contributed by atoms with Gasteiger partial charge in [0.05, 0.1) is 29.3 Å². The minimum absolute atomic E-state index is 0.250. The zero-order valence-electron chi connectivity index (χ0n) is 13.6. The summed E-state index contributed by atoms with van der Waals surface area (Å²) in [4.78, 5) is 11.7. The van der Waals surface area contributed by atoms with Gasteiger partial charge in [-0.2, -0.15) is 18.3 Å². The number of nitrogens with zero attached hydrogens (tertiary/aromatic N) is 2. The zero-order valence-corrected chi connectivity index (χ0v) is 13.6. The molecule has 1 aromatic heterocycles. The van der Waals surface area contributed by atoms with Crippen LogP contribution in [0.2, 0.25) is 0 Å². The Hall–Kier alpha value is -2.55. The van der Waals surface area contributed by atoms with Crippen LogP contribution in [0.5, 0.6) is 0 Å². The lowest BCUT2D eigenvalue weighted by Crippen LogP contribution is -2.29. The molecule has 0 aliphatic rings. The lowest BCUT2D eigenvalue weighted by atomic mass is 10.2. The Labute approximate surface area is 143 Å². The van der Waals surface area contributed by atoms with Gasteiger partial charge in [0.2, 0.25) is 0 Å². The highest BCUT2D eigenvalue weighted by Gasteiger charge is 2.30. The van der Waals surface area contributed by atoms with Crippen molar-refractivity contribution in [2.75, 3.05) is 25.1 Å². The maximum Gasteiger partial charge on any atom is 0.416 e. The van der Waals surface area contributed by atoms with Gasteiger partial charge in [0.15, 0.2) is 0 Å². The molecule has 0 saturated heterocycles. The van der Waals surface area contributed by atoms with E-state index in [9.17, 15) is 18.0 Å². The van der Waals surface area contributed by atoms with Crippen LogP contribution in [-0.2, 0) is 10.9 Å². The molecule has 25 heavy (non-hydrogen) atoms. The maximum atomic E-state index is 12.8. The Morgan fingerprint density at radius 1 is 1.36 bits per heavy atom. The lowest BCUT2D eigenvalue weighted by Gasteiger charge is -2.08. The molecule has 0 aliphatic heterocycles. The molecule has 0 unspecified atom stereocenters. The van der Waals surface area contributed by atoms with Crippen molar-refractivity contribution in [1.29, 1.82) is 0 Å².